The Bertz CT molecular complexity index is 974. The van der Waals surface area contributed by atoms with Gasteiger partial charge in [-0.2, -0.15) is 0 Å². The molecule has 24 heavy (non-hydrogen) atoms. The number of aliphatic imine (C=N–C) groups is 1. The summed E-state index contributed by atoms with van der Waals surface area (Å²) in [6.07, 6.45) is 0. The average molecular weight is 324 g/mol. The molecule has 0 spiro atoms. The van der Waals surface area contributed by atoms with E-state index in [1.165, 1.54) is 12.1 Å². The summed E-state index contributed by atoms with van der Waals surface area (Å²) in [4.78, 5) is 16.4. The minimum Gasteiger partial charge on any atom is -0.497 e. The van der Waals surface area contributed by atoms with Crippen molar-refractivity contribution in [3.63, 3.8) is 0 Å². The van der Waals surface area contributed by atoms with Crippen molar-refractivity contribution in [3.05, 3.63) is 59.6 Å². The third-order valence-corrected chi connectivity index (χ3v) is 3.87. The number of halogens is 1. The second kappa shape index (κ2) is 5.49. The zero-order valence-electron chi connectivity index (χ0n) is 12.8. The van der Waals surface area contributed by atoms with Gasteiger partial charge < -0.3 is 14.5 Å². The molecule has 120 valence electrons. The number of rotatable bonds is 2. The van der Waals surface area contributed by atoms with Crippen molar-refractivity contribution in [3.8, 4) is 5.75 Å². The van der Waals surface area contributed by atoms with E-state index in [1.54, 1.807) is 37.4 Å². The van der Waals surface area contributed by atoms with E-state index in [-0.39, 0.29) is 18.3 Å². The summed E-state index contributed by atoms with van der Waals surface area (Å²) in [7, 11) is 1.57. The van der Waals surface area contributed by atoms with Crippen molar-refractivity contribution in [2.75, 3.05) is 19.0 Å². The highest BCUT2D eigenvalue weighted by atomic mass is 19.1. The Morgan fingerprint density at radius 3 is 2.75 bits per heavy atom. The number of fused-ring (bicyclic) bond motifs is 3. The molecule has 1 aliphatic rings. The van der Waals surface area contributed by atoms with Crippen LogP contribution in [0.25, 0.3) is 11.0 Å². The van der Waals surface area contributed by atoms with Gasteiger partial charge in [0.25, 0.3) is 0 Å². The first-order valence-corrected chi connectivity index (χ1v) is 7.37. The van der Waals surface area contributed by atoms with Gasteiger partial charge in [0.2, 0.25) is 5.91 Å². The maximum atomic E-state index is 13.2. The van der Waals surface area contributed by atoms with Gasteiger partial charge in [0.1, 0.15) is 29.4 Å². The fraction of sp³-hybridized carbons (Fsp3) is 0.111. The summed E-state index contributed by atoms with van der Waals surface area (Å²) < 4.78 is 24.4. The lowest BCUT2D eigenvalue weighted by atomic mass is 10.1. The molecule has 0 fully saturated rings. The van der Waals surface area contributed by atoms with E-state index in [1.807, 2.05) is 0 Å². The van der Waals surface area contributed by atoms with Crippen LogP contribution in [0, 0.1) is 5.82 Å². The van der Waals surface area contributed by atoms with Gasteiger partial charge in [-0.3, -0.25) is 9.79 Å². The van der Waals surface area contributed by atoms with Gasteiger partial charge in [-0.05, 0) is 42.5 Å². The molecule has 0 saturated heterocycles. The van der Waals surface area contributed by atoms with E-state index >= 15 is 0 Å². The fourth-order valence-corrected chi connectivity index (χ4v) is 2.73. The quantitative estimate of drug-likeness (QED) is 0.786. The van der Waals surface area contributed by atoms with Gasteiger partial charge in [-0.25, -0.2) is 4.39 Å². The number of benzene rings is 2. The van der Waals surface area contributed by atoms with Gasteiger partial charge in [0.05, 0.1) is 12.8 Å². The van der Waals surface area contributed by atoms with Crippen LogP contribution in [0.4, 0.5) is 10.1 Å². The maximum absolute atomic E-state index is 13.2. The molecule has 0 bridgehead atoms. The summed E-state index contributed by atoms with van der Waals surface area (Å²) in [5, 5.41) is 3.56. The highest BCUT2D eigenvalue weighted by Crippen LogP contribution is 2.36. The molecule has 5 nitrogen and oxygen atoms in total. The van der Waals surface area contributed by atoms with E-state index < -0.39 is 0 Å². The number of amides is 1. The van der Waals surface area contributed by atoms with Crippen LogP contribution in [0.5, 0.6) is 5.75 Å². The number of nitrogens with zero attached hydrogens (tertiary/aromatic N) is 1. The number of ether oxygens (including phenoxy) is 1. The van der Waals surface area contributed by atoms with Gasteiger partial charge in [-0.15, -0.1) is 0 Å². The Labute approximate surface area is 136 Å². The highest BCUT2D eigenvalue weighted by Gasteiger charge is 2.25. The molecular weight excluding hydrogens is 311 g/mol. The number of anilines is 1. The molecule has 0 radical (unpaired) electrons. The standard InChI is InChI=1S/C18H13FN2O3/c1-23-12-6-7-14-13(8-12)17-18(24-14)16(20-9-15(22)21-17)10-2-4-11(19)5-3-10/h2-8H,9H2,1H3,(H,21,22). The lowest BCUT2D eigenvalue weighted by molar-refractivity contribution is -0.114. The Morgan fingerprint density at radius 2 is 2.00 bits per heavy atom. The summed E-state index contributed by atoms with van der Waals surface area (Å²) in [5.74, 6) is 0.538. The minimum absolute atomic E-state index is 0.0254. The number of hydrogen-bond donors (Lipinski definition) is 1. The normalized spacial score (nSPS) is 13.9. The second-order valence-electron chi connectivity index (χ2n) is 5.39. The number of carbonyl (C=O) groups excluding carboxylic acids is 1. The SMILES string of the molecule is COc1ccc2oc3c(c2c1)NC(=O)CN=C3c1ccc(F)cc1. The molecular formula is C18H13FN2O3. The van der Waals surface area contributed by atoms with Gasteiger partial charge in [0, 0.05) is 10.9 Å². The number of hydrogen-bond acceptors (Lipinski definition) is 4. The molecule has 3 aromatic rings. The Hall–Kier alpha value is -3.15. The van der Waals surface area contributed by atoms with Crippen molar-refractivity contribution in [1.82, 2.24) is 0 Å². The van der Waals surface area contributed by atoms with Crippen molar-refractivity contribution in [2.45, 2.75) is 0 Å². The monoisotopic (exact) mass is 324 g/mol. The molecule has 2 aromatic carbocycles. The first kappa shape index (κ1) is 14.4. The Kier molecular flexibility index (Phi) is 3.30. The second-order valence-corrected chi connectivity index (χ2v) is 5.39. The lowest BCUT2D eigenvalue weighted by Gasteiger charge is -2.04. The topological polar surface area (TPSA) is 63.8 Å². The molecule has 0 atom stereocenters. The molecule has 1 amide bonds. The lowest BCUT2D eigenvalue weighted by Crippen LogP contribution is -2.13. The molecule has 1 N–H and O–H groups in total. The largest absolute Gasteiger partial charge is 0.497 e. The Morgan fingerprint density at radius 1 is 1.21 bits per heavy atom. The van der Waals surface area contributed by atoms with E-state index in [0.29, 0.717) is 34.1 Å². The van der Waals surface area contributed by atoms with Crippen LogP contribution in [-0.2, 0) is 4.79 Å². The molecule has 0 saturated carbocycles. The van der Waals surface area contributed by atoms with Gasteiger partial charge in [0.15, 0.2) is 5.76 Å². The summed E-state index contributed by atoms with van der Waals surface area (Å²) in [6, 6.07) is 11.3. The predicted molar refractivity (Wildman–Crippen MR) is 88.3 cm³/mol. The van der Waals surface area contributed by atoms with E-state index in [4.69, 9.17) is 9.15 Å². The van der Waals surface area contributed by atoms with Crippen LogP contribution in [-0.4, -0.2) is 25.3 Å². The zero-order valence-corrected chi connectivity index (χ0v) is 12.8. The van der Waals surface area contributed by atoms with Crippen molar-refractivity contribution in [2.24, 2.45) is 4.99 Å². The van der Waals surface area contributed by atoms with Crippen LogP contribution in [0.1, 0.15) is 11.3 Å². The molecule has 0 unspecified atom stereocenters. The molecule has 1 aliphatic heterocycles. The third-order valence-electron chi connectivity index (χ3n) is 3.87. The maximum Gasteiger partial charge on any atom is 0.246 e. The fourth-order valence-electron chi connectivity index (χ4n) is 2.73. The van der Waals surface area contributed by atoms with Gasteiger partial charge in [-0.1, -0.05) is 0 Å². The molecule has 4 rings (SSSR count). The Balaban J connectivity index is 1.95. The smallest absolute Gasteiger partial charge is 0.246 e. The molecule has 6 heteroatoms. The summed E-state index contributed by atoms with van der Waals surface area (Å²) >= 11 is 0. The van der Waals surface area contributed by atoms with Crippen LogP contribution in [0.2, 0.25) is 0 Å². The first-order chi connectivity index (χ1) is 11.7. The van der Waals surface area contributed by atoms with Crippen LogP contribution in [0.15, 0.2) is 51.9 Å². The summed E-state index contributed by atoms with van der Waals surface area (Å²) in [6.45, 7) is -0.0254. The third kappa shape index (κ3) is 2.32. The number of carbonyl (C=O) groups is 1. The molecule has 1 aromatic heterocycles. The number of nitrogens with one attached hydrogen (secondary N) is 1. The minimum atomic E-state index is -0.336. The summed E-state index contributed by atoms with van der Waals surface area (Å²) in [5.41, 5.74) is 2.35. The van der Waals surface area contributed by atoms with E-state index in [9.17, 15) is 9.18 Å². The van der Waals surface area contributed by atoms with Crippen LogP contribution >= 0.6 is 0 Å². The number of methoxy groups -OCH3 is 1. The average Bonchev–Trinajstić information content (AvgIpc) is 2.85. The number of furan rings is 1. The van der Waals surface area contributed by atoms with E-state index in [2.05, 4.69) is 10.3 Å². The van der Waals surface area contributed by atoms with Crippen molar-refractivity contribution in [1.29, 1.82) is 0 Å². The highest BCUT2D eigenvalue weighted by molar-refractivity contribution is 6.21. The van der Waals surface area contributed by atoms with Crippen molar-refractivity contribution >= 4 is 28.3 Å². The van der Waals surface area contributed by atoms with Crippen molar-refractivity contribution < 1.29 is 18.3 Å². The molecule has 0 aliphatic carbocycles. The van der Waals surface area contributed by atoms with Crippen LogP contribution < -0.4 is 10.1 Å². The zero-order chi connectivity index (χ0) is 16.7. The van der Waals surface area contributed by atoms with E-state index in [0.717, 1.165) is 5.39 Å². The van der Waals surface area contributed by atoms with Gasteiger partial charge >= 0.3 is 0 Å². The first-order valence-electron chi connectivity index (χ1n) is 7.37. The van der Waals surface area contributed by atoms with Crippen LogP contribution in [0.3, 0.4) is 0 Å². The predicted octanol–water partition coefficient (Wildman–Crippen LogP) is 3.37. The molecule has 2 heterocycles.